The van der Waals surface area contributed by atoms with E-state index in [0.717, 1.165) is 81.3 Å². The van der Waals surface area contributed by atoms with Gasteiger partial charge in [-0.2, -0.15) is 0 Å². The van der Waals surface area contributed by atoms with Gasteiger partial charge in [0.25, 0.3) is 0 Å². The third-order valence-corrected chi connectivity index (χ3v) is 7.14. The molecule has 1 amide bonds. The molecule has 0 bridgehead atoms. The van der Waals surface area contributed by atoms with Crippen molar-refractivity contribution in [3.8, 4) is 0 Å². The molecule has 1 aromatic heterocycles. The molecule has 3 aliphatic rings. The average Bonchev–Trinajstić information content (AvgIpc) is 3.04. The molecule has 1 atom stereocenters. The van der Waals surface area contributed by atoms with Crippen molar-refractivity contribution < 1.29 is 9.90 Å². The van der Waals surface area contributed by atoms with Crippen LogP contribution in [0.1, 0.15) is 44.9 Å². The largest absolute Gasteiger partial charge is 0.393 e. The first-order chi connectivity index (χ1) is 13.6. The summed E-state index contributed by atoms with van der Waals surface area (Å²) in [6, 6.07) is 12.8. The number of pyridine rings is 1. The van der Waals surface area contributed by atoms with Crippen LogP contribution in [0.15, 0.2) is 36.4 Å². The van der Waals surface area contributed by atoms with E-state index in [1.165, 1.54) is 0 Å². The first-order valence-corrected chi connectivity index (χ1v) is 10.7. The minimum absolute atomic E-state index is 0.174. The van der Waals surface area contributed by atoms with Gasteiger partial charge < -0.3 is 14.9 Å². The van der Waals surface area contributed by atoms with Crippen molar-refractivity contribution >= 4 is 22.6 Å². The van der Waals surface area contributed by atoms with E-state index in [2.05, 4.69) is 34.1 Å². The van der Waals surface area contributed by atoms with Gasteiger partial charge in [0, 0.05) is 31.1 Å². The topological polar surface area (TPSA) is 56.7 Å². The van der Waals surface area contributed by atoms with E-state index in [-0.39, 0.29) is 11.5 Å². The third-order valence-electron chi connectivity index (χ3n) is 7.14. The minimum atomic E-state index is -0.248. The van der Waals surface area contributed by atoms with E-state index in [0.29, 0.717) is 11.9 Å². The second-order valence-corrected chi connectivity index (χ2v) is 8.88. The number of aliphatic hydroxyl groups is 1. The molecule has 2 aliphatic heterocycles. The van der Waals surface area contributed by atoms with Crippen molar-refractivity contribution in [2.24, 2.45) is 5.41 Å². The molecule has 28 heavy (non-hydrogen) atoms. The maximum absolute atomic E-state index is 13.5. The number of anilines is 1. The van der Waals surface area contributed by atoms with Gasteiger partial charge in [0.2, 0.25) is 5.91 Å². The first kappa shape index (κ1) is 17.9. The van der Waals surface area contributed by atoms with Crippen molar-refractivity contribution in [2.45, 2.75) is 57.1 Å². The Bertz CT molecular complexity index is 877. The van der Waals surface area contributed by atoms with Crippen molar-refractivity contribution in [3.05, 3.63) is 36.4 Å². The fourth-order valence-corrected chi connectivity index (χ4v) is 5.50. The summed E-state index contributed by atoms with van der Waals surface area (Å²) in [6.07, 6.45) is 6.35. The van der Waals surface area contributed by atoms with Gasteiger partial charge >= 0.3 is 0 Å². The van der Waals surface area contributed by atoms with Gasteiger partial charge in [0.1, 0.15) is 5.82 Å². The Hall–Kier alpha value is -2.14. The smallest absolute Gasteiger partial charge is 0.230 e. The molecule has 5 rings (SSSR count). The predicted octanol–water partition coefficient (Wildman–Crippen LogP) is 3.36. The van der Waals surface area contributed by atoms with Crippen molar-refractivity contribution in [1.82, 2.24) is 9.88 Å². The number of amides is 1. The van der Waals surface area contributed by atoms with Gasteiger partial charge in [-0.3, -0.25) is 4.79 Å². The van der Waals surface area contributed by atoms with Crippen molar-refractivity contribution in [1.29, 1.82) is 0 Å². The Morgan fingerprint density at radius 3 is 2.68 bits per heavy atom. The van der Waals surface area contributed by atoms with E-state index >= 15 is 0 Å². The molecule has 1 N–H and O–H groups in total. The number of piperidine rings is 1. The molecule has 3 fully saturated rings. The summed E-state index contributed by atoms with van der Waals surface area (Å²) in [4.78, 5) is 22.8. The second-order valence-electron chi connectivity index (χ2n) is 8.88. The van der Waals surface area contributed by atoms with Crippen LogP contribution in [-0.2, 0) is 4.79 Å². The molecule has 0 unspecified atom stereocenters. The SMILES string of the molecule is O=C1N(C2CCC(O)CC2)CC[C@]12CCCN(c1ccc3ccccc3n1)C2. The van der Waals surface area contributed by atoms with E-state index < -0.39 is 0 Å². The lowest BCUT2D eigenvalue weighted by Crippen LogP contribution is -2.50. The van der Waals surface area contributed by atoms with Crippen LogP contribution in [0.5, 0.6) is 0 Å². The molecule has 0 radical (unpaired) electrons. The number of carbonyl (C=O) groups excluding carboxylic acids is 1. The van der Waals surface area contributed by atoms with Gasteiger partial charge in [-0.25, -0.2) is 4.98 Å². The highest BCUT2D eigenvalue weighted by atomic mass is 16.3. The van der Waals surface area contributed by atoms with Crippen LogP contribution in [0.4, 0.5) is 5.82 Å². The minimum Gasteiger partial charge on any atom is -0.393 e. The third kappa shape index (κ3) is 3.06. The normalized spacial score (nSPS) is 31.1. The number of fused-ring (bicyclic) bond motifs is 1. The molecule has 5 nitrogen and oxygen atoms in total. The summed E-state index contributed by atoms with van der Waals surface area (Å²) in [6.45, 7) is 2.62. The summed E-state index contributed by atoms with van der Waals surface area (Å²) < 4.78 is 0. The van der Waals surface area contributed by atoms with Gasteiger partial charge in [-0.15, -0.1) is 0 Å². The maximum Gasteiger partial charge on any atom is 0.230 e. The standard InChI is InChI=1S/C23H29N3O2/c27-19-9-7-18(8-10-19)26-15-13-23(22(26)28)12-3-14-25(16-23)21-11-6-17-4-1-2-5-20(17)24-21/h1-2,4-6,11,18-19,27H,3,7-10,12-16H2/t18?,19?,23-/m0/s1. The summed E-state index contributed by atoms with van der Waals surface area (Å²) in [5, 5.41) is 11.0. The summed E-state index contributed by atoms with van der Waals surface area (Å²) in [5.41, 5.74) is 0.765. The molecule has 3 heterocycles. The Morgan fingerprint density at radius 1 is 1.00 bits per heavy atom. The molecule has 2 saturated heterocycles. The van der Waals surface area contributed by atoms with Gasteiger partial charge in [-0.1, -0.05) is 18.2 Å². The highest BCUT2D eigenvalue weighted by Gasteiger charge is 2.50. The van der Waals surface area contributed by atoms with Crippen LogP contribution < -0.4 is 4.90 Å². The second kappa shape index (κ2) is 7.03. The van der Waals surface area contributed by atoms with E-state index in [1.54, 1.807) is 0 Å². The number of nitrogens with zero attached hydrogens (tertiary/aromatic N) is 3. The first-order valence-electron chi connectivity index (χ1n) is 10.7. The zero-order chi connectivity index (χ0) is 19.1. The van der Waals surface area contributed by atoms with Crippen LogP contribution >= 0.6 is 0 Å². The number of aromatic nitrogens is 1. The van der Waals surface area contributed by atoms with Gasteiger partial charge in [0.15, 0.2) is 0 Å². The number of benzene rings is 1. The predicted molar refractivity (Wildman–Crippen MR) is 110 cm³/mol. The Kier molecular flexibility index (Phi) is 4.50. The Labute approximate surface area is 166 Å². The molecule has 2 aromatic rings. The highest BCUT2D eigenvalue weighted by molar-refractivity contribution is 5.86. The molecule has 1 spiro atoms. The van der Waals surface area contributed by atoms with Crippen molar-refractivity contribution in [2.75, 3.05) is 24.5 Å². The summed E-state index contributed by atoms with van der Waals surface area (Å²) in [7, 11) is 0. The van der Waals surface area contributed by atoms with Crippen LogP contribution in [0, 0.1) is 5.41 Å². The van der Waals surface area contributed by atoms with E-state index in [9.17, 15) is 9.90 Å². The summed E-state index contributed by atoms with van der Waals surface area (Å²) >= 11 is 0. The number of para-hydroxylation sites is 1. The van der Waals surface area contributed by atoms with Crippen molar-refractivity contribution in [3.63, 3.8) is 0 Å². The van der Waals surface area contributed by atoms with Crippen LogP contribution in [0.2, 0.25) is 0 Å². The van der Waals surface area contributed by atoms with E-state index in [1.807, 2.05) is 12.1 Å². The summed E-state index contributed by atoms with van der Waals surface area (Å²) in [5.74, 6) is 1.34. The lowest BCUT2D eigenvalue weighted by molar-refractivity contribution is -0.139. The number of carbonyl (C=O) groups is 1. The lowest BCUT2D eigenvalue weighted by atomic mass is 9.78. The van der Waals surface area contributed by atoms with Gasteiger partial charge in [-0.05, 0) is 63.1 Å². The molecular weight excluding hydrogens is 350 g/mol. The maximum atomic E-state index is 13.5. The quantitative estimate of drug-likeness (QED) is 0.869. The van der Waals surface area contributed by atoms with E-state index in [4.69, 9.17) is 4.98 Å². The molecule has 5 heteroatoms. The fraction of sp³-hybridized carbons (Fsp3) is 0.565. The number of likely N-dealkylation sites (tertiary alicyclic amines) is 1. The molecule has 1 saturated carbocycles. The highest BCUT2D eigenvalue weighted by Crippen LogP contribution is 2.43. The number of hydrogen-bond donors (Lipinski definition) is 1. The Balaban J connectivity index is 1.35. The molecule has 1 aliphatic carbocycles. The fourth-order valence-electron chi connectivity index (χ4n) is 5.50. The monoisotopic (exact) mass is 379 g/mol. The number of hydrogen-bond acceptors (Lipinski definition) is 4. The molecule has 1 aromatic carbocycles. The molecule has 148 valence electrons. The zero-order valence-electron chi connectivity index (χ0n) is 16.4. The average molecular weight is 380 g/mol. The molecular formula is C23H29N3O2. The number of rotatable bonds is 2. The van der Waals surface area contributed by atoms with Gasteiger partial charge in [0.05, 0.1) is 17.0 Å². The van der Waals surface area contributed by atoms with Crippen LogP contribution in [0.3, 0.4) is 0 Å². The Morgan fingerprint density at radius 2 is 1.82 bits per heavy atom. The van der Waals surface area contributed by atoms with Crippen LogP contribution in [0.25, 0.3) is 10.9 Å². The number of aliphatic hydroxyl groups excluding tert-OH is 1. The van der Waals surface area contributed by atoms with Crippen LogP contribution in [-0.4, -0.2) is 52.7 Å². The lowest BCUT2D eigenvalue weighted by Gasteiger charge is -2.41. The zero-order valence-corrected chi connectivity index (χ0v) is 16.4.